The molecule has 0 aliphatic carbocycles. The lowest BCUT2D eigenvalue weighted by molar-refractivity contribution is 0.0600. The Labute approximate surface area is 156 Å². The van der Waals surface area contributed by atoms with Gasteiger partial charge < -0.3 is 9.30 Å². The highest BCUT2D eigenvalue weighted by Gasteiger charge is 2.20. The monoisotopic (exact) mass is 387 g/mol. The minimum absolute atomic E-state index is 0.205. The summed E-state index contributed by atoms with van der Waals surface area (Å²) in [5.41, 5.74) is 3.07. The van der Waals surface area contributed by atoms with Crippen LogP contribution in [0.3, 0.4) is 0 Å². The molecule has 27 heavy (non-hydrogen) atoms. The van der Waals surface area contributed by atoms with Crippen LogP contribution in [0, 0.1) is 12.7 Å². The number of ether oxygens (including phenoxy) is 1. The molecule has 3 rings (SSSR count). The molecule has 5 nitrogen and oxygen atoms in total. The number of hydrogen-bond donors (Lipinski definition) is 0. The number of halogens is 1. The van der Waals surface area contributed by atoms with Crippen molar-refractivity contribution in [2.24, 2.45) is 0 Å². The Kier molecular flexibility index (Phi) is 4.89. The molecule has 0 aliphatic rings. The molecule has 0 fully saturated rings. The SMILES string of the molecule is COC(=O)c1cc(-c2ccc(S(C)(=O)=O)cc2)n(-c2ccc(F)cc2)c1C. The Morgan fingerprint density at radius 2 is 1.63 bits per heavy atom. The molecule has 3 aromatic rings. The molecule has 2 aromatic carbocycles. The minimum Gasteiger partial charge on any atom is -0.465 e. The number of sulfone groups is 1. The second-order valence-electron chi connectivity index (χ2n) is 6.13. The molecule has 0 amide bonds. The number of carbonyl (C=O) groups is 1. The van der Waals surface area contributed by atoms with E-state index in [-0.39, 0.29) is 10.7 Å². The number of rotatable bonds is 4. The highest BCUT2D eigenvalue weighted by Crippen LogP contribution is 2.30. The number of nitrogens with zero attached hydrogens (tertiary/aromatic N) is 1. The van der Waals surface area contributed by atoms with Gasteiger partial charge in [0.25, 0.3) is 0 Å². The first kappa shape index (κ1) is 18.8. The predicted octanol–water partition coefficient (Wildman–Crippen LogP) is 3.78. The first-order valence-corrected chi connectivity index (χ1v) is 9.98. The second-order valence-corrected chi connectivity index (χ2v) is 8.14. The van der Waals surface area contributed by atoms with Crippen LogP contribution in [-0.4, -0.2) is 32.3 Å². The first-order chi connectivity index (χ1) is 12.7. The van der Waals surface area contributed by atoms with Gasteiger partial charge in [0, 0.05) is 17.6 Å². The van der Waals surface area contributed by atoms with Gasteiger partial charge in [-0.3, -0.25) is 0 Å². The summed E-state index contributed by atoms with van der Waals surface area (Å²) in [6.07, 6.45) is 1.14. The summed E-state index contributed by atoms with van der Waals surface area (Å²) in [5.74, 6) is -0.849. The normalized spacial score (nSPS) is 11.4. The van der Waals surface area contributed by atoms with E-state index in [4.69, 9.17) is 4.74 Å². The van der Waals surface area contributed by atoms with E-state index in [1.165, 1.54) is 31.4 Å². The summed E-state index contributed by atoms with van der Waals surface area (Å²) < 4.78 is 43.4. The van der Waals surface area contributed by atoms with Crippen molar-refractivity contribution in [3.05, 3.63) is 71.7 Å². The molecule has 0 aliphatic heterocycles. The minimum atomic E-state index is -3.31. The number of methoxy groups -OCH3 is 1. The van der Waals surface area contributed by atoms with Crippen LogP contribution in [0.15, 0.2) is 59.5 Å². The molecule has 0 saturated heterocycles. The van der Waals surface area contributed by atoms with E-state index >= 15 is 0 Å². The Morgan fingerprint density at radius 3 is 2.15 bits per heavy atom. The maximum atomic E-state index is 13.3. The van der Waals surface area contributed by atoms with Crippen LogP contribution in [0.4, 0.5) is 4.39 Å². The molecule has 0 spiro atoms. The summed E-state index contributed by atoms with van der Waals surface area (Å²) in [6.45, 7) is 1.77. The van der Waals surface area contributed by atoms with Gasteiger partial charge in [0.05, 0.1) is 23.3 Å². The third-order valence-electron chi connectivity index (χ3n) is 4.32. The Hall–Kier alpha value is -2.93. The van der Waals surface area contributed by atoms with Crippen LogP contribution in [0.1, 0.15) is 16.1 Å². The molecule has 1 heterocycles. The topological polar surface area (TPSA) is 65.4 Å². The van der Waals surface area contributed by atoms with Crippen LogP contribution in [0.2, 0.25) is 0 Å². The average molecular weight is 387 g/mol. The summed E-state index contributed by atoms with van der Waals surface area (Å²) in [6, 6.07) is 13.9. The predicted molar refractivity (Wildman–Crippen MR) is 100 cm³/mol. The van der Waals surface area contributed by atoms with Crippen molar-refractivity contribution in [3.63, 3.8) is 0 Å². The lowest BCUT2D eigenvalue weighted by atomic mass is 10.1. The van der Waals surface area contributed by atoms with E-state index in [0.29, 0.717) is 28.2 Å². The third-order valence-corrected chi connectivity index (χ3v) is 5.44. The summed E-state index contributed by atoms with van der Waals surface area (Å²) in [7, 11) is -2.01. The van der Waals surface area contributed by atoms with Gasteiger partial charge in [-0.2, -0.15) is 0 Å². The lowest BCUT2D eigenvalue weighted by Crippen LogP contribution is -2.04. The molecular formula is C20H18FNO4S. The van der Waals surface area contributed by atoms with E-state index in [2.05, 4.69) is 0 Å². The highest BCUT2D eigenvalue weighted by atomic mass is 32.2. The van der Waals surface area contributed by atoms with Gasteiger partial charge in [0.1, 0.15) is 5.82 Å². The van der Waals surface area contributed by atoms with Crippen LogP contribution in [0.25, 0.3) is 16.9 Å². The fourth-order valence-corrected chi connectivity index (χ4v) is 3.56. The van der Waals surface area contributed by atoms with Gasteiger partial charge in [-0.15, -0.1) is 0 Å². The van der Waals surface area contributed by atoms with Gasteiger partial charge in [0.15, 0.2) is 9.84 Å². The van der Waals surface area contributed by atoms with Gasteiger partial charge >= 0.3 is 5.97 Å². The molecular weight excluding hydrogens is 369 g/mol. The number of hydrogen-bond acceptors (Lipinski definition) is 4. The molecule has 0 atom stereocenters. The molecule has 0 saturated carbocycles. The maximum Gasteiger partial charge on any atom is 0.339 e. The lowest BCUT2D eigenvalue weighted by Gasteiger charge is -2.12. The van der Waals surface area contributed by atoms with Crippen molar-refractivity contribution in [2.75, 3.05) is 13.4 Å². The van der Waals surface area contributed by atoms with Crippen LogP contribution in [-0.2, 0) is 14.6 Å². The standard InChI is InChI=1S/C20H18FNO4S/c1-13-18(20(23)26-2)12-19(22(13)16-8-6-15(21)7-9-16)14-4-10-17(11-5-14)27(3,24)25/h4-12H,1-3H3. The number of aromatic nitrogens is 1. The number of esters is 1. The smallest absolute Gasteiger partial charge is 0.339 e. The van der Waals surface area contributed by atoms with Crippen LogP contribution >= 0.6 is 0 Å². The first-order valence-electron chi connectivity index (χ1n) is 8.09. The van der Waals surface area contributed by atoms with E-state index < -0.39 is 15.8 Å². The molecule has 1 aromatic heterocycles. The summed E-state index contributed by atoms with van der Waals surface area (Å²) in [4.78, 5) is 12.3. The van der Waals surface area contributed by atoms with Crippen molar-refractivity contribution >= 4 is 15.8 Å². The molecule has 7 heteroatoms. The van der Waals surface area contributed by atoms with Crippen molar-refractivity contribution < 1.29 is 22.3 Å². The van der Waals surface area contributed by atoms with E-state index in [9.17, 15) is 17.6 Å². The van der Waals surface area contributed by atoms with Crippen molar-refractivity contribution in [1.29, 1.82) is 0 Å². The van der Waals surface area contributed by atoms with Crippen LogP contribution < -0.4 is 0 Å². The Balaban J connectivity index is 2.22. The van der Waals surface area contributed by atoms with Crippen molar-refractivity contribution in [1.82, 2.24) is 4.57 Å². The zero-order valence-corrected chi connectivity index (χ0v) is 15.9. The van der Waals surface area contributed by atoms with Crippen molar-refractivity contribution in [2.45, 2.75) is 11.8 Å². The van der Waals surface area contributed by atoms with E-state index in [0.717, 1.165) is 6.26 Å². The third kappa shape index (κ3) is 3.64. The van der Waals surface area contributed by atoms with E-state index in [1.54, 1.807) is 41.8 Å². The second kappa shape index (κ2) is 7.00. The van der Waals surface area contributed by atoms with Crippen molar-refractivity contribution in [3.8, 4) is 16.9 Å². The zero-order chi connectivity index (χ0) is 19.8. The fraction of sp³-hybridized carbons (Fsp3) is 0.150. The fourth-order valence-electron chi connectivity index (χ4n) is 2.93. The van der Waals surface area contributed by atoms with Gasteiger partial charge in [-0.25, -0.2) is 17.6 Å². The van der Waals surface area contributed by atoms with E-state index in [1.807, 2.05) is 0 Å². The quantitative estimate of drug-likeness (QED) is 0.639. The number of carbonyl (C=O) groups excluding carboxylic acids is 1. The van der Waals surface area contributed by atoms with Crippen LogP contribution in [0.5, 0.6) is 0 Å². The zero-order valence-electron chi connectivity index (χ0n) is 15.1. The summed E-state index contributed by atoms with van der Waals surface area (Å²) in [5, 5.41) is 0. The highest BCUT2D eigenvalue weighted by molar-refractivity contribution is 7.90. The van der Waals surface area contributed by atoms with Gasteiger partial charge in [-0.05, 0) is 55.0 Å². The Morgan fingerprint density at radius 1 is 1.04 bits per heavy atom. The van der Waals surface area contributed by atoms with Gasteiger partial charge in [0.2, 0.25) is 0 Å². The molecule has 0 bridgehead atoms. The average Bonchev–Trinajstić information content (AvgIpc) is 2.98. The molecule has 0 unspecified atom stereocenters. The van der Waals surface area contributed by atoms with Gasteiger partial charge in [-0.1, -0.05) is 12.1 Å². The Bertz CT molecular complexity index is 1100. The molecule has 140 valence electrons. The summed E-state index contributed by atoms with van der Waals surface area (Å²) >= 11 is 0. The molecule has 0 N–H and O–H groups in total. The maximum absolute atomic E-state index is 13.3. The largest absolute Gasteiger partial charge is 0.465 e. The molecule has 0 radical (unpaired) electrons. The number of benzene rings is 2.